The number of nitrogens with zero attached hydrogens (tertiary/aromatic N) is 1. The van der Waals surface area contributed by atoms with Gasteiger partial charge < -0.3 is 5.32 Å². The molecule has 3 nitrogen and oxygen atoms in total. The maximum absolute atomic E-state index is 11.7. The first kappa shape index (κ1) is 10.4. The first-order valence-corrected chi connectivity index (χ1v) is 5.00. The molecule has 1 aromatic heterocycles. The van der Waals surface area contributed by atoms with Crippen LogP contribution in [0.5, 0.6) is 0 Å². The molecule has 1 N–H and O–H groups in total. The summed E-state index contributed by atoms with van der Waals surface area (Å²) in [6, 6.07) is 13.0. The number of hydrogen-bond acceptors (Lipinski definition) is 2. The minimum Gasteiger partial charge on any atom is -0.348 e. The Morgan fingerprint density at radius 2 is 2.06 bits per heavy atom. The van der Waals surface area contributed by atoms with Crippen LogP contribution in [0.4, 0.5) is 0 Å². The van der Waals surface area contributed by atoms with Crippen LogP contribution in [0.15, 0.2) is 48.7 Å². The predicted molar refractivity (Wildman–Crippen MR) is 60.7 cm³/mol. The molecule has 3 heteroatoms. The van der Waals surface area contributed by atoms with Gasteiger partial charge in [-0.2, -0.15) is 0 Å². The molecule has 0 aliphatic carbocycles. The summed E-state index contributed by atoms with van der Waals surface area (Å²) in [5.74, 6) is -0.109. The molecular weight excluding hydrogens is 200 g/mol. The fourth-order valence-electron chi connectivity index (χ4n) is 1.34. The zero-order valence-corrected chi connectivity index (χ0v) is 8.68. The van der Waals surface area contributed by atoms with Crippen LogP contribution < -0.4 is 5.32 Å². The number of pyridine rings is 1. The number of nitrogens with one attached hydrogen (secondary N) is 1. The van der Waals surface area contributed by atoms with Gasteiger partial charge in [0.25, 0.3) is 5.91 Å². The van der Waals surface area contributed by atoms with E-state index in [9.17, 15) is 4.79 Å². The van der Waals surface area contributed by atoms with Crippen molar-refractivity contribution < 1.29 is 4.79 Å². The van der Waals surface area contributed by atoms with E-state index < -0.39 is 0 Å². The van der Waals surface area contributed by atoms with Gasteiger partial charge in [-0.25, -0.2) is 0 Å². The zero-order chi connectivity index (χ0) is 11.2. The van der Waals surface area contributed by atoms with Crippen LogP contribution in [0.2, 0.25) is 0 Å². The molecule has 0 aliphatic heterocycles. The number of benzene rings is 1. The maximum Gasteiger partial charge on any atom is 0.251 e. The van der Waals surface area contributed by atoms with E-state index in [0.29, 0.717) is 12.1 Å². The Morgan fingerprint density at radius 1 is 1.25 bits per heavy atom. The van der Waals surface area contributed by atoms with Crippen molar-refractivity contribution in [2.45, 2.75) is 6.54 Å². The van der Waals surface area contributed by atoms with Crippen molar-refractivity contribution in [2.24, 2.45) is 0 Å². The molecule has 2 rings (SSSR count). The predicted octanol–water partition coefficient (Wildman–Crippen LogP) is 1.81. The highest BCUT2D eigenvalue weighted by atomic mass is 16.1. The summed E-state index contributed by atoms with van der Waals surface area (Å²) in [6.45, 7) is 0.530. The Labute approximate surface area is 94.1 Å². The highest BCUT2D eigenvalue weighted by molar-refractivity contribution is 5.93. The van der Waals surface area contributed by atoms with Gasteiger partial charge in [0.1, 0.15) is 0 Å². The third-order valence-electron chi connectivity index (χ3n) is 2.18. The van der Waals surface area contributed by atoms with E-state index in [4.69, 9.17) is 0 Å². The number of rotatable bonds is 3. The second-order valence-corrected chi connectivity index (χ2v) is 3.34. The van der Waals surface area contributed by atoms with Crippen molar-refractivity contribution in [2.75, 3.05) is 0 Å². The molecule has 0 atom stereocenters. The van der Waals surface area contributed by atoms with E-state index in [1.54, 1.807) is 18.3 Å². The smallest absolute Gasteiger partial charge is 0.251 e. The standard InChI is InChI=1S/C13H11N2O/c16-13(12-6-8-14-9-7-12)15-10-11-4-2-1-3-5-11/h1-8H,10H2,(H,15,16). The number of carbonyl (C=O) groups excluding carboxylic acids is 1. The minimum atomic E-state index is -0.109. The average Bonchev–Trinajstić information content (AvgIpc) is 2.38. The SMILES string of the molecule is O=C(NCc1ccccc1)c1c[c]ncc1. The van der Waals surface area contributed by atoms with Gasteiger partial charge in [0, 0.05) is 18.3 Å². The molecule has 79 valence electrons. The lowest BCUT2D eigenvalue weighted by Gasteiger charge is -2.04. The topological polar surface area (TPSA) is 42.0 Å². The van der Waals surface area contributed by atoms with Crippen LogP contribution >= 0.6 is 0 Å². The van der Waals surface area contributed by atoms with Crippen LogP contribution in [-0.2, 0) is 6.54 Å². The third-order valence-corrected chi connectivity index (χ3v) is 2.18. The molecule has 1 heterocycles. The lowest BCUT2D eigenvalue weighted by atomic mass is 10.2. The van der Waals surface area contributed by atoms with Crippen LogP contribution in [0.25, 0.3) is 0 Å². The summed E-state index contributed by atoms with van der Waals surface area (Å²) in [4.78, 5) is 15.4. The lowest BCUT2D eigenvalue weighted by Crippen LogP contribution is -2.22. The number of amides is 1. The molecule has 1 radical (unpaired) electrons. The molecule has 2 aromatic rings. The molecule has 0 saturated carbocycles. The van der Waals surface area contributed by atoms with Crippen molar-refractivity contribution in [3.63, 3.8) is 0 Å². The van der Waals surface area contributed by atoms with Gasteiger partial charge in [-0.3, -0.25) is 9.78 Å². The summed E-state index contributed by atoms with van der Waals surface area (Å²) in [5, 5.41) is 2.83. The molecule has 0 saturated heterocycles. The second-order valence-electron chi connectivity index (χ2n) is 3.34. The Kier molecular flexibility index (Phi) is 3.28. The van der Waals surface area contributed by atoms with Crippen molar-refractivity contribution in [3.05, 3.63) is 66.0 Å². The Hall–Kier alpha value is -2.16. The molecule has 0 fully saturated rings. The van der Waals surface area contributed by atoms with Gasteiger partial charge in [-0.05, 0) is 17.7 Å². The van der Waals surface area contributed by atoms with E-state index in [1.165, 1.54) is 0 Å². The fraction of sp³-hybridized carbons (Fsp3) is 0.0769. The molecule has 16 heavy (non-hydrogen) atoms. The average molecular weight is 211 g/mol. The number of aromatic nitrogens is 1. The van der Waals surface area contributed by atoms with E-state index in [-0.39, 0.29) is 5.91 Å². The van der Waals surface area contributed by atoms with Crippen LogP contribution in [0.3, 0.4) is 0 Å². The van der Waals surface area contributed by atoms with Gasteiger partial charge in [0.05, 0.1) is 6.20 Å². The number of carbonyl (C=O) groups is 1. The lowest BCUT2D eigenvalue weighted by molar-refractivity contribution is 0.0951. The highest BCUT2D eigenvalue weighted by Crippen LogP contribution is 1.99. The Morgan fingerprint density at radius 3 is 2.75 bits per heavy atom. The number of hydrogen-bond donors (Lipinski definition) is 1. The zero-order valence-electron chi connectivity index (χ0n) is 8.68. The first-order valence-electron chi connectivity index (χ1n) is 5.00. The van der Waals surface area contributed by atoms with Crippen molar-refractivity contribution in [3.8, 4) is 0 Å². The largest absolute Gasteiger partial charge is 0.348 e. The molecule has 0 bridgehead atoms. The van der Waals surface area contributed by atoms with Crippen molar-refractivity contribution in [1.29, 1.82) is 0 Å². The van der Waals surface area contributed by atoms with E-state index >= 15 is 0 Å². The fourth-order valence-corrected chi connectivity index (χ4v) is 1.34. The van der Waals surface area contributed by atoms with Gasteiger partial charge in [0.15, 0.2) is 0 Å². The summed E-state index contributed by atoms with van der Waals surface area (Å²) in [5.41, 5.74) is 1.65. The molecule has 0 unspecified atom stereocenters. The van der Waals surface area contributed by atoms with E-state index in [2.05, 4.69) is 16.5 Å². The summed E-state index contributed by atoms with van der Waals surface area (Å²) < 4.78 is 0. The summed E-state index contributed by atoms with van der Waals surface area (Å²) >= 11 is 0. The Balaban J connectivity index is 1.95. The summed E-state index contributed by atoms with van der Waals surface area (Å²) in [6.07, 6.45) is 4.18. The van der Waals surface area contributed by atoms with Gasteiger partial charge >= 0.3 is 0 Å². The van der Waals surface area contributed by atoms with Crippen molar-refractivity contribution >= 4 is 5.91 Å². The van der Waals surface area contributed by atoms with E-state index in [1.807, 2.05) is 30.3 Å². The van der Waals surface area contributed by atoms with Crippen LogP contribution in [0, 0.1) is 6.20 Å². The van der Waals surface area contributed by atoms with Crippen LogP contribution in [-0.4, -0.2) is 10.9 Å². The third kappa shape index (κ3) is 2.67. The van der Waals surface area contributed by atoms with Gasteiger partial charge in [-0.1, -0.05) is 30.3 Å². The Bertz CT molecular complexity index is 454. The van der Waals surface area contributed by atoms with Crippen LogP contribution in [0.1, 0.15) is 15.9 Å². The monoisotopic (exact) mass is 211 g/mol. The summed E-state index contributed by atoms with van der Waals surface area (Å²) in [7, 11) is 0. The van der Waals surface area contributed by atoms with E-state index in [0.717, 1.165) is 5.56 Å². The molecule has 1 amide bonds. The first-order chi connectivity index (χ1) is 7.86. The molecular formula is C13H11N2O. The molecule has 0 spiro atoms. The maximum atomic E-state index is 11.7. The van der Waals surface area contributed by atoms with Gasteiger partial charge in [-0.15, -0.1) is 0 Å². The molecule has 1 aromatic carbocycles. The van der Waals surface area contributed by atoms with Gasteiger partial charge in [0.2, 0.25) is 0 Å². The minimum absolute atomic E-state index is 0.109. The quantitative estimate of drug-likeness (QED) is 0.841. The normalized spacial score (nSPS) is 9.75. The highest BCUT2D eigenvalue weighted by Gasteiger charge is 2.03. The second kappa shape index (κ2) is 5.07. The molecule has 0 aliphatic rings. The van der Waals surface area contributed by atoms with Crippen molar-refractivity contribution in [1.82, 2.24) is 10.3 Å².